The molecule has 0 saturated carbocycles. The normalized spacial score (nSPS) is 11.6. The van der Waals surface area contributed by atoms with E-state index in [1.165, 1.54) is 0 Å². The van der Waals surface area contributed by atoms with E-state index < -0.39 is 0 Å². The summed E-state index contributed by atoms with van der Waals surface area (Å²) in [5.41, 5.74) is 4.98. The number of hydrogen-bond donors (Lipinski definition) is 1. The number of fused-ring (bicyclic) bond motifs is 2. The first kappa shape index (κ1) is 13.9. The zero-order chi connectivity index (χ0) is 16.8. The standard InChI is InChI=1S/C18H15N7/c1-24-10-14(9-22-24)13-5-16-15(7-21-17(16)20-6-13)11-25-18-12(8-23-25)3-2-4-19-18/h2-10H,11H2,1H3,(H,20,21). The molecule has 0 aliphatic rings. The number of nitrogens with one attached hydrogen (secondary N) is 1. The van der Waals surface area contributed by atoms with Crippen molar-refractivity contribution in [1.82, 2.24) is 34.5 Å². The van der Waals surface area contributed by atoms with Crippen molar-refractivity contribution in [3.05, 3.63) is 60.9 Å². The maximum atomic E-state index is 4.54. The van der Waals surface area contributed by atoms with E-state index in [2.05, 4.69) is 31.2 Å². The van der Waals surface area contributed by atoms with Crippen LogP contribution in [-0.2, 0) is 13.6 Å². The molecule has 0 saturated heterocycles. The Labute approximate surface area is 143 Å². The van der Waals surface area contributed by atoms with Crippen molar-refractivity contribution >= 4 is 22.1 Å². The van der Waals surface area contributed by atoms with Crippen LogP contribution < -0.4 is 0 Å². The third-order valence-electron chi connectivity index (χ3n) is 4.37. The van der Waals surface area contributed by atoms with Gasteiger partial charge in [-0.2, -0.15) is 10.2 Å². The van der Waals surface area contributed by atoms with Gasteiger partial charge < -0.3 is 4.98 Å². The molecule has 7 heteroatoms. The van der Waals surface area contributed by atoms with Gasteiger partial charge in [-0.05, 0) is 18.2 Å². The number of aromatic nitrogens is 7. The van der Waals surface area contributed by atoms with Gasteiger partial charge >= 0.3 is 0 Å². The Morgan fingerprint density at radius 1 is 1.08 bits per heavy atom. The van der Waals surface area contributed by atoms with Gasteiger partial charge in [0, 0.05) is 59.3 Å². The van der Waals surface area contributed by atoms with Gasteiger partial charge in [-0.1, -0.05) is 0 Å². The second kappa shape index (κ2) is 5.27. The van der Waals surface area contributed by atoms with Crippen LogP contribution in [0.5, 0.6) is 0 Å². The van der Waals surface area contributed by atoms with Crippen LogP contribution in [0.15, 0.2) is 55.4 Å². The monoisotopic (exact) mass is 329 g/mol. The van der Waals surface area contributed by atoms with Crippen LogP contribution in [-0.4, -0.2) is 34.5 Å². The average Bonchev–Trinajstić information content (AvgIpc) is 3.35. The molecule has 5 heterocycles. The molecule has 0 aromatic carbocycles. The highest BCUT2D eigenvalue weighted by Gasteiger charge is 2.11. The highest BCUT2D eigenvalue weighted by molar-refractivity contribution is 5.84. The molecule has 5 aromatic heterocycles. The van der Waals surface area contributed by atoms with Crippen LogP contribution in [0.4, 0.5) is 0 Å². The molecule has 0 bridgehead atoms. The van der Waals surface area contributed by atoms with Gasteiger partial charge in [0.05, 0.1) is 18.9 Å². The summed E-state index contributed by atoms with van der Waals surface area (Å²) in [6.45, 7) is 0.638. The first-order valence-electron chi connectivity index (χ1n) is 7.99. The quantitative estimate of drug-likeness (QED) is 0.552. The summed E-state index contributed by atoms with van der Waals surface area (Å²) in [6.07, 6.45) is 11.3. The second-order valence-electron chi connectivity index (χ2n) is 6.06. The summed E-state index contributed by atoms with van der Waals surface area (Å²) in [6, 6.07) is 6.08. The minimum Gasteiger partial charge on any atom is -0.346 e. The molecule has 0 fully saturated rings. The van der Waals surface area contributed by atoms with E-state index >= 15 is 0 Å². The number of nitrogens with zero attached hydrogens (tertiary/aromatic N) is 6. The lowest BCUT2D eigenvalue weighted by atomic mass is 10.1. The van der Waals surface area contributed by atoms with E-state index in [1.54, 1.807) is 10.9 Å². The summed E-state index contributed by atoms with van der Waals surface area (Å²) >= 11 is 0. The van der Waals surface area contributed by atoms with Crippen molar-refractivity contribution in [2.24, 2.45) is 7.05 Å². The van der Waals surface area contributed by atoms with Gasteiger partial charge in [0.25, 0.3) is 0 Å². The molecule has 0 radical (unpaired) electrons. The van der Waals surface area contributed by atoms with Gasteiger partial charge in [-0.3, -0.25) is 4.68 Å². The maximum Gasteiger partial charge on any atom is 0.158 e. The molecule has 5 rings (SSSR count). The van der Waals surface area contributed by atoms with Crippen LogP contribution in [0.3, 0.4) is 0 Å². The van der Waals surface area contributed by atoms with E-state index in [1.807, 2.05) is 54.8 Å². The summed E-state index contributed by atoms with van der Waals surface area (Å²) in [5.74, 6) is 0. The number of H-pyrrole nitrogens is 1. The summed E-state index contributed by atoms with van der Waals surface area (Å²) in [4.78, 5) is 12.2. The third kappa shape index (κ3) is 2.28. The van der Waals surface area contributed by atoms with Crippen molar-refractivity contribution in [2.75, 3.05) is 0 Å². The maximum absolute atomic E-state index is 4.54. The van der Waals surface area contributed by atoms with Crippen LogP contribution >= 0.6 is 0 Å². The first-order valence-corrected chi connectivity index (χ1v) is 7.99. The minimum atomic E-state index is 0.638. The van der Waals surface area contributed by atoms with E-state index in [4.69, 9.17) is 0 Å². The lowest BCUT2D eigenvalue weighted by Crippen LogP contribution is -2.01. The van der Waals surface area contributed by atoms with Crippen molar-refractivity contribution < 1.29 is 0 Å². The van der Waals surface area contributed by atoms with Crippen molar-refractivity contribution in [3.8, 4) is 11.1 Å². The zero-order valence-electron chi connectivity index (χ0n) is 13.6. The van der Waals surface area contributed by atoms with Crippen LogP contribution in [0.25, 0.3) is 33.2 Å². The lowest BCUT2D eigenvalue weighted by molar-refractivity contribution is 0.707. The molecule has 0 amide bonds. The van der Waals surface area contributed by atoms with Crippen molar-refractivity contribution in [2.45, 2.75) is 6.54 Å². The van der Waals surface area contributed by atoms with E-state index in [9.17, 15) is 0 Å². The Morgan fingerprint density at radius 2 is 2.04 bits per heavy atom. The molecule has 0 spiro atoms. The molecule has 0 aliphatic carbocycles. The van der Waals surface area contributed by atoms with Crippen LogP contribution in [0.2, 0.25) is 0 Å². The average molecular weight is 329 g/mol. The number of aromatic amines is 1. The molecule has 25 heavy (non-hydrogen) atoms. The smallest absolute Gasteiger partial charge is 0.158 e. The van der Waals surface area contributed by atoms with E-state index in [0.717, 1.165) is 38.8 Å². The molecule has 0 atom stereocenters. The first-order chi connectivity index (χ1) is 12.3. The molecule has 0 unspecified atom stereocenters. The molecular weight excluding hydrogens is 314 g/mol. The fourth-order valence-corrected chi connectivity index (χ4v) is 3.11. The highest BCUT2D eigenvalue weighted by atomic mass is 15.3. The summed E-state index contributed by atoms with van der Waals surface area (Å²) in [5, 5.41) is 10.8. The molecular formula is C18H15N7. The number of hydrogen-bond acceptors (Lipinski definition) is 4. The molecule has 1 N–H and O–H groups in total. The number of pyridine rings is 2. The minimum absolute atomic E-state index is 0.638. The van der Waals surface area contributed by atoms with E-state index in [0.29, 0.717) is 6.54 Å². The second-order valence-corrected chi connectivity index (χ2v) is 6.06. The van der Waals surface area contributed by atoms with Gasteiger partial charge in [-0.15, -0.1) is 0 Å². The Bertz CT molecular complexity index is 1190. The lowest BCUT2D eigenvalue weighted by Gasteiger charge is -2.03. The molecule has 5 aromatic rings. The highest BCUT2D eigenvalue weighted by Crippen LogP contribution is 2.25. The Kier molecular flexibility index (Phi) is 2.93. The van der Waals surface area contributed by atoms with Crippen molar-refractivity contribution in [3.63, 3.8) is 0 Å². The predicted octanol–water partition coefficient (Wildman–Crippen LogP) is 2.76. The summed E-state index contributed by atoms with van der Waals surface area (Å²) < 4.78 is 3.70. The Hall–Kier alpha value is -3.48. The van der Waals surface area contributed by atoms with Gasteiger partial charge in [0.1, 0.15) is 5.65 Å². The van der Waals surface area contributed by atoms with Gasteiger partial charge in [0.15, 0.2) is 5.65 Å². The zero-order valence-corrected chi connectivity index (χ0v) is 13.6. The molecule has 0 aliphatic heterocycles. The van der Waals surface area contributed by atoms with Gasteiger partial charge in [0.2, 0.25) is 0 Å². The fourth-order valence-electron chi connectivity index (χ4n) is 3.11. The fraction of sp³-hybridized carbons (Fsp3) is 0.111. The Morgan fingerprint density at radius 3 is 2.92 bits per heavy atom. The van der Waals surface area contributed by atoms with Gasteiger partial charge in [-0.25, -0.2) is 14.6 Å². The SMILES string of the molecule is Cn1cc(-c2cnc3[nH]cc(Cn4ncc5cccnc54)c3c2)cn1. The van der Waals surface area contributed by atoms with Crippen LogP contribution in [0.1, 0.15) is 5.56 Å². The van der Waals surface area contributed by atoms with Crippen LogP contribution in [0, 0.1) is 0 Å². The number of rotatable bonds is 3. The summed E-state index contributed by atoms with van der Waals surface area (Å²) in [7, 11) is 1.91. The number of aryl methyl sites for hydroxylation is 1. The molecule has 122 valence electrons. The largest absolute Gasteiger partial charge is 0.346 e. The predicted molar refractivity (Wildman–Crippen MR) is 94.9 cm³/mol. The Balaban J connectivity index is 1.59. The third-order valence-corrected chi connectivity index (χ3v) is 4.37. The molecule has 7 nitrogen and oxygen atoms in total. The van der Waals surface area contributed by atoms with Crippen molar-refractivity contribution in [1.29, 1.82) is 0 Å². The topological polar surface area (TPSA) is 77.2 Å². The van der Waals surface area contributed by atoms with E-state index in [-0.39, 0.29) is 0 Å².